The molecule has 0 aliphatic heterocycles. The summed E-state index contributed by atoms with van der Waals surface area (Å²) < 4.78 is 0. The molecular formula is C14H15N3. The van der Waals surface area contributed by atoms with Crippen LogP contribution in [0.15, 0.2) is 53.8 Å². The number of nitrogens with zero attached hydrogens (tertiary/aromatic N) is 3. The molecule has 0 atom stereocenters. The molecule has 0 spiro atoms. The third-order valence-corrected chi connectivity index (χ3v) is 2.20. The largest absolute Gasteiger partial charge is 0.278 e. The third-order valence-electron chi connectivity index (χ3n) is 2.20. The highest BCUT2D eigenvalue weighted by atomic mass is 14.8. The van der Waals surface area contributed by atoms with Crippen LogP contribution in [0.3, 0.4) is 0 Å². The van der Waals surface area contributed by atoms with Gasteiger partial charge in [-0.1, -0.05) is 12.1 Å². The normalized spacial score (nSPS) is 10.3. The average molecular weight is 225 g/mol. The maximum atomic E-state index is 4.61. The quantitative estimate of drug-likeness (QED) is 0.753. The first-order valence-electron chi connectivity index (χ1n) is 5.68. The van der Waals surface area contributed by atoms with E-state index < -0.39 is 0 Å². The summed E-state index contributed by atoms with van der Waals surface area (Å²) in [5, 5.41) is 0. The van der Waals surface area contributed by atoms with Gasteiger partial charge in [0.2, 0.25) is 0 Å². The van der Waals surface area contributed by atoms with Crippen molar-refractivity contribution in [3.63, 3.8) is 0 Å². The number of aliphatic imine (C=N–C) groups is 1. The molecule has 0 saturated heterocycles. The van der Waals surface area contributed by atoms with Crippen LogP contribution in [0.4, 0.5) is 0 Å². The average Bonchev–Trinajstić information content (AvgIpc) is 2.38. The van der Waals surface area contributed by atoms with Gasteiger partial charge in [0.1, 0.15) is 5.71 Å². The Labute approximate surface area is 101 Å². The standard InChI is InChI=1S/C14H15N3/c1-11(2)17-14(12-7-3-5-9-15-12)13-8-4-6-10-16-13/h3-11H,1-2H3. The van der Waals surface area contributed by atoms with E-state index in [1.54, 1.807) is 12.4 Å². The number of hydrogen-bond acceptors (Lipinski definition) is 3. The molecule has 0 fully saturated rings. The summed E-state index contributed by atoms with van der Waals surface area (Å²) >= 11 is 0. The summed E-state index contributed by atoms with van der Waals surface area (Å²) in [6.45, 7) is 4.10. The van der Waals surface area contributed by atoms with E-state index in [0.29, 0.717) is 0 Å². The van der Waals surface area contributed by atoms with Gasteiger partial charge in [-0.15, -0.1) is 0 Å². The number of rotatable bonds is 3. The Morgan fingerprint density at radius 1 is 0.941 bits per heavy atom. The molecule has 0 saturated carbocycles. The minimum absolute atomic E-state index is 0.217. The highest BCUT2D eigenvalue weighted by Crippen LogP contribution is 2.07. The highest BCUT2D eigenvalue weighted by Gasteiger charge is 2.09. The zero-order valence-electron chi connectivity index (χ0n) is 10.0. The number of hydrogen-bond donors (Lipinski definition) is 0. The van der Waals surface area contributed by atoms with Crippen molar-refractivity contribution in [2.45, 2.75) is 19.9 Å². The second-order valence-electron chi connectivity index (χ2n) is 4.00. The summed E-state index contributed by atoms with van der Waals surface area (Å²) in [4.78, 5) is 13.3. The SMILES string of the molecule is CC(C)N=C(c1ccccn1)c1ccccn1. The molecule has 0 bridgehead atoms. The molecule has 2 heterocycles. The predicted molar refractivity (Wildman–Crippen MR) is 69.2 cm³/mol. The minimum atomic E-state index is 0.217. The van der Waals surface area contributed by atoms with Crippen LogP contribution in [0.5, 0.6) is 0 Å². The van der Waals surface area contributed by atoms with Gasteiger partial charge < -0.3 is 0 Å². The van der Waals surface area contributed by atoms with Crippen LogP contribution in [-0.2, 0) is 0 Å². The van der Waals surface area contributed by atoms with E-state index >= 15 is 0 Å². The van der Waals surface area contributed by atoms with Gasteiger partial charge in [0.25, 0.3) is 0 Å². The maximum absolute atomic E-state index is 4.61. The van der Waals surface area contributed by atoms with E-state index in [1.807, 2.05) is 50.2 Å². The first kappa shape index (κ1) is 11.5. The summed E-state index contributed by atoms with van der Waals surface area (Å²) in [7, 11) is 0. The van der Waals surface area contributed by atoms with Gasteiger partial charge in [-0.3, -0.25) is 15.0 Å². The van der Waals surface area contributed by atoms with Crippen LogP contribution in [0, 0.1) is 0 Å². The smallest absolute Gasteiger partial charge is 0.109 e. The molecule has 2 rings (SSSR count). The Morgan fingerprint density at radius 3 is 1.82 bits per heavy atom. The molecule has 3 heteroatoms. The van der Waals surface area contributed by atoms with Crippen molar-refractivity contribution in [3.05, 3.63) is 60.2 Å². The van der Waals surface area contributed by atoms with E-state index in [9.17, 15) is 0 Å². The molecule has 0 radical (unpaired) electrons. The summed E-state index contributed by atoms with van der Waals surface area (Å²) in [6.07, 6.45) is 3.54. The molecule has 0 unspecified atom stereocenters. The summed E-state index contributed by atoms with van der Waals surface area (Å²) in [6, 6.07) is 11.8. The van der Waals surface area contributed by atoms with Gasteiger partial charge in [-0.2, -0.15) is 0 Å². The fourth-order valence-electron chi connectivity index (χ4n) is 1.53. The molecule has 0 aromatic carbocycles. The lowest BCUT2D eigenvalue weighted by molar-refractivity contribution is 0.834. The van der Waals surface area contributed by atoms with Crippen LogP contribution in [0.1, 0.15) is 25.2 Å². The van der Waals surface area contributed by atoms with Crippen LogP contribution in [-0.4, -0.2) is 21.7 Å². The van der Waals surface area contributed by atoms with E-state index in [1.165, 1.54) is 0 Å². The molecule has 86 valence electrons. The van der Waals surface area contributed by atoms with Gasteiger partial charge >= 0.3 is 0 Å². The van der Waals surface area contributed by atoms with Crippen molar-refractivity contribution in [1.29, 1.82) is 0 Å². The lowest BCUT2D eigenvalue weighted by atomic mass is 10.1. The molecule has 17 heavy (non-hydrogen) atoms. The number of aromatic nitrogens is 2. The molecule has 3 nitrogen and oxygen atoms in total. The van der Waals surface area contributed by atoms with Crippen molar-refractivity contribution >= 4 is 5.71 Å². The van der Waals surface area contributed by atoms with Crippen LogP contribution >= 0.6 is 0 Å². The molecule has 2 aromatic rings. The molecule has 2 aromatic heterocycles. The Morgan fingerprint density at radius 2 is 1.47 bits per heavy atom. The Hall–Kier alpha value is -2.03. The van der Waals surface area contributed by atoms with E-state index in [-0.39, 0.29) is 6.04 Å². The van der Waals surface area contributed by atoms with Crippen LogP contribution in [0.2, 0.25) is 0 Å². The Kier molecular flexibility index (Phi) is 3.60. The second-order valence-corrected chi connectivity index (χ2v) is 4.00. The minimum Gasteiger partial charge on any atom is -0.278 e. The van der Waals surface area contributed by atoms with Crippen molar-refractivity contribution in [1.82, 2.24) is 9.97 Å². The van der Waals surface area contributed by atoms with Gasteiger partial charge in [-0.05, 0) is 38.1 Å². The van der Waals surface area contributed by atoms with Crippen molar-refractivity contribution < 1.29 is 0 Å². The second kappa shape index (κ2) is 5.34. The van der Waals surface area contributed by atoms with E-state index in [4.69, 9.17) is 0 Å². The molecular weight excluding hydrogens is 210 g/mol. The lowest BCUT2D eigenvalue weighted by Crippen LogP contribution is -2.10. The van der Waals surface area contributed by atoms with E-state index in [0.717, 1.165) is 17.1 Å². The van der Waals surface area contributed by atoms with Crippen molar-refractivity contribution in [2.75, 3.05) is 0 Å². The molecule has 0 N–H and O–H groups in total. The monoisotopic (exact) mass is 225 g/mol. The van der Waals surface area contributed by atoms with Crippen LogP contribution < -0.4 is 0 Å². The van der Waals surface area contributed by atoms with Gasteiger partial charge in [0, 0.05) is 18.4 Å². The van der Waals surface area contributed by atoms with Crippen LogP contribution in [0.25, 0.3) is 0 Å². The predicted octanol–water partition coefficient (Wildman–Crippen LogP) is 2.72. The lowest BCUT2D eigenvalue weighted by Gasteiger charge is -2.07. The Balaban J connectivity index is 2.47. The summed E-state index contributed by atoms with van der Waals surface area (Å²) in [5.74, 6) is 0. The topological polar surface area (TPSA) is 38.1 Å². The van der Waals surface area contributed by atoms with Crippen molar-refractivity contribution in [2.24, 2.45) is 4.99 Å². The van der Waals surface area contributed by atoms with E-state index in [2.05, 4.69) is 15.0 Å². The molecule has 0 aliphatic carbocycles. The fraction of sp³-hybridized carbons (Fsp3) is 0.214. The molecule has 0 amide bonds. The fourth-order valence-corrected chi connectivity index (χ4v) is 1.53. The third kappa shape index (κ3) is 2.97. The number of pyridine rings is 2. The first-order valence-corrected chi connectivity index (χ1v) is 5.68. The van der Waals surface area contributed by atoms with Gasteiger partial charge in [0.15, 0.2) is 0 Å². The maximum Gasteiger partial charge on any atom is 0.109 e. The first-order chi connectivity index (χ1) is 8.27. The zero-order valence-corrected chi connectivity index (χ0v) is 10.0. The summed E-state index contributed by atoms with van der Waals surface area (Å²) in [5.41, 5.74) is 2.57. The van der Waals surface area contributed by atoms with Gasteiger partial charge in [-0.25, -0.2) is 0 Å². The Bertz CT molecular complexity index is 448. The van der Waals surface area contributed by atoms with Gasteiger partial charge in [0.05, 0.1) is 11.4 Å². The molecule has 0 aliphatic rings. The highest BCUT2D eigenvalue weighted by molar-refractivity contribution is 6.10. The zero-order chi connectivity index (χ0) is 12.1. The van der Waals surface area contributed by atoms with Crippen molar-refractivity contribution in [3.8, 4) is 0 Å².